The molecule has 0 bridgehead atoms. The van der Waals surface area contributed by atoms with Gasteiger partial charge in [-0.15, -0.1) is 0 Å². The molecule has 1 atom stereocenters. The number of carbonyl (C=O) groups excluding carboxylic acids is 2. The number of fused-ring (bicyclic) bond motifs is 1. The average molecular weight is 450 g/mol. The summed E-state index contributed by atoms with van der Waals surface area (Å²) in [6.45, 7) is 0.461. The van der Waals surface area contributed by atoms with Gasteiger partial charge < -0.3 is 28.8 Å². The summed E-state index contributed by atoms with van der Waals surface area (Å²) in [4.78, 5) is 27.7. The quantitative estimate of drug-likeness (QED) is 0.338. The van der Waals surface area contributed by atoms with Gasteiger partial charge in [-0.3, -0.25) is 9.59 Å². The fraction of sp³-hybridized carbons (Fsp3) is 0.280. The van der Waals surface area contributed by atoms with E-state index in [-0.39, 0.29) is 24.5 Å². The van der Waals surface area contributed by atoms with Crippen LogP contribution in [0, 0.1) is 0 Å². The van der Waals surface area contributed by atoms with E-state index in [1.54, 1.807) is 18.2 Å². The number of aromatic nitrogens is 1. The molecule has 1 unspecified atom stereocenters. The standard InChI is InChI=1S/C25H26N2O6/c1-26-14-17(16-7-5-6-8-18(16)26)22-21(24(29)25(30)27(22)11-12-31-2)23(28)15-9-10-19(32-3)20(13-15)33-4/h5-10,13-14,22,28H,11-12H2,1-4H3/b23-21+. The summed E-state index contributed by atoms with van der Waals surface area (Å²) >= 11 is 0. The number of ether oxygens (including phenoxy) is 3. The van der Waals surface area contributed by atoms with Gasteiger partial charge in [0, 0.05) is 48.9 Å². The normalized spacial score (nSPS) is 17.7. The number of amides is 1. The maximum Gasteiger partial charge on any atom is 0.295 e. The SMILES string of the molecule is COCCN1C(=O)C(=O)/C(=C(/O)c2ccc(OC)c(OC)c2)C1c1cn(C)c2ccccc12. The van der Waals surface area contributed by atoms with Crippen molar-refractivity contribution >= 4 is 28.4 Å². The van der Waals surface area contributed by atoms with Crippen LogP contribution in [-0.2, 0) is 21.4 Å². The molecule has 8 heteroatoms. The lowest BCUT2D eigenvalue weighted by atomic mass is 9.95. The van der Waals surface area contributed by atoms with E-state index in [9.17, 15) is 14.7 Å². The Morgan fingerprint density at radius 3 is 2.45 bits per heavy atom. The highest BCUT2D eigenvalue weighted by Gasteiger charge is 2.46. The van der Waals surface area contributed by atoms with Gasteiger partial charge in [0.05, 0.1) is 32.4 Å². The molecule has 2 aromatic carbocycles. The Labute approximate surface area is 191 Å². The van der Waals surface area contributed by atoms with Crippen LogP contribution in [0.1, 0.15) is 17.2 Å². The molecular formula is C25H26N2O6. The molecule has 1 amide bonds. The number of ketones is 1. The maximum absolute atomic E-state index is 13.2. The van der Waals surface area contributed by atoms with Crippen molar-refractivity contribution in [1.29, 1.82) is 0 Å². The first-order valence-electron chi connectivity index (χ1n) is 10.5. The number of aryl methyl sites for hydroxylation is 1. The molecule has 1 saturated heterocycles. The number of nitrogens with zero attached hydrogens (tertiary/aromatic N) is 2. The van der Waals surface area contributed by atoms with Gasteiger partial charge in [0.2, 0.25) is 0 Å². The summed E-state index contributed by atoms with van der Waals surface area (Å²) in [5.41, 5.74) is 2.09. The van der Waals surface area contributed by atoms with Crippen molar-refractivity contribution in [1.82, 2.24) is 9.47 Å². The van der Waals surface area contributed by atoms with Crippen LogP contribution >= 0.6 is 0 Å². The van der Waals surface area contributed by atoms with Crippen LogP contribution in [0.15, 0.2) is 54.2 Å². The van der Waals surface area contributed by atoms with Crippen LogP contribution in [-0.4, -0.2) is 60.7 Å². The van der Waals surface area contributed by atoms with Gasteiger partial charge in [-0.05, 0) is 24.3 Å². The van der Waals surface area contributed by atoms with E-state index in [1.165, 1.54) is 26.2 Å². The third kappa shape index (κ3) is 3.72. The highest BCUT2D eigenvalue weighted by Crippen LogP contribution is 2.43. The number of para-hydroxylation sites is 1. The molecule has 0 aliphatic carbocycles. The monoisotopic (exact) mass is 450 g/mol. The molecule has 3 aromatic rings. The molecule has 33 heavy (non-hydrogen) atoms. The summed E-state index contributed by atoms with van der Waals surface area (Å²) in [6, 6.07) is 11.8. The molecule has 4 rings (SSSR count). The lowest BCUT2D eigenvalue weighted by molar-refractivity contribution is -0.140. The van der Waals surface area contributed by atoms with Crippen LogP contribution in [0.4, 0.5) is 0 Å². The molecule has 1 N–H and O–H groups in total. The second-order valence-corrected chi connectivity index (χ2v) is 7.77. The fourth-order valence-corrected chi connectivity index (χ4v) is 4.35. The third-order valence-electron chi connectivity index (χ3n) is 5.96. The predicted molar refractivity (Wildman–Crippen MR) is 123 cm³/mol. The molecule has 8 nitrogen and oxygen atoms in total. The number of likely N-dealkylation sites (tertiary alicyclic amines) is 1. The zero-order valence-electron chi connectivity index (χ0n) is 19.0. The number of aliphatic hydroxyl groups excluding tert-OH is 1. The molecule has 172 valence electrons. The molecule has 0 radical (unpaired) electrons. The van der Waals surface area contributed by atoms with E-state index in [4.69, 9.17) is 14.2 Å². The van der Waals surface area contributed by atoms with Gasteiger partial charge in [-0.2, -0.15) is 0 Å². The van der Waals surface area contributed by atoms with E-state index in [0.29, 0.717) is 17.1 Å². The van der Waals surface area contributed by atoms with Crippen molar-refractivity contribution in [3.8, 4) is 11.5 Å². The minimum atomic E-state index is -0.764. The fourth-order valence-electron chi connectivity index (χ4n) is 4.35. The summed E-state index contributed by atoms with van der Waals surface area (Å²) in [7, 11) is 6.44. The van der Waals surface area contributed by atoms with Crippen molar-refractivity contribution in [3.63, 3.8) is 0 Å². The Morgan fingerprint density at radius 2 is 1.76 bits per heavy atom. The van der Waals surface area contributed by atoms with Crippen LogP contribution in [0.3, 0.4) is 0 Å². The third-order valence-corrected chi connectivity index (χ3v) is 5.96. The van der Waals surface area contributed by atoms with Gasteiger partial charge >= 0.3 is 0 Å². The van der Waals surface area contributed by atoms with Gasteiger partial charge in [-0.25, -0.2) is 0 Å². The first-order chi connectivity index (χ1) is 15.9. The number of benzene rings is 2. The van der Waals surface area contributed by atoms with Gasteiger partial charge in [-0.1, -0.05) is 18.2 Å². The van der Waals surface area contributed by atoms with E-state index >= 15 is 0 Å². The summed E-state index contributed by atoms with van der Waals surface area (Å²) < 4.78 is 17.7. The number of Topliss-reactive ketones (excluding diaryl/α,β-unsaturated/α-hetero) is 1. The van der Waals surface area contributed by atoms with Crippen molar-refractivity contribution in [3.05, 3.63) is 65.4 Å². The lowest BCUT2D eigenvalue weighted by Crippen LogP contribution is -2.32. The number of rotatable bonds is 7. The Kier molecular flexibility index (Phi) is 6.11. The first-order valence-corrected chi connectivity index (χ1v) is 10.5. The Balaban J connectivity index is 1.94. The average Bonchev–Trinajstić information content (AvgIpc) is 3.30. The second kappa shape index (κ2) is 8.99. The molecule has 1 aliphatic heterocycles. The second-order valence-electron chi connectivity index (χ2n) is 7.77. The largest absolute Gasteiger partial charge is 0.507 e. The minimum absolute atomic E-state index is 0.0275. The number of hydrogen-bond acceptors (Lipinski definition) is 6. The van der Waals surface area contributed by atoms with Gasteiger partial charge in [0.15, 0.2) is 11.5 Å². The van der Waals surface area contributed by atoms with Crippen molar-refractivity contribution in [2.24, 2.45) is 7.05 Å². The zero-order valence-corrected chi connectivity index (χ0v) is 19.0. The zero-order chi connectivity index (χ0) is 23.7. The molecule has 1 aliphatic rings. The molecular weight excluding hydrogens is 424 g/mol. The number of methoxy groups -OCH3 is 3. The Hall–Kier alpha value is -3.78. The van der Waals surface area contributed by atoms with Crippen molar-refractivity contribution in [2.75, 3.05) is 34.5 Å². The topological polar surface area (TPSA) is 90.2 Å². The van der Waals surface area contributed by atoms with Crippen LogP contribution in [0.25, 0.3) is 16.7 Å². The summed E-state index contributed by atoms with van der Waals surface area (Å²) in [6.07, 6.45) is 1.89. The Bertz CT molecular complexity index is 1260. The number of hydrogen-bond donors (Lipinski definition) is 1. The number of carbonyl (C=O) groups is 2. The van der Waals surface area contributed by atoms with Crippen LogP contribution in [0.2, 0.25) is 0 Å². The van der Waals surface area contributed by atoms with Crippen LogP contribution < -0.4 is 9.47 Å². The molecule has 0 saturated carbocycles. The number of aliphatic hydroxyl groups is 1. The van der Waals surface area contributed by atoms with Gasteiger partial charge in [0.1, 0.15) is 5.76 Å². The van der Waals surface area contributed by atoms with E-state index in [1.807, 2.05) is 42.1 Å². The highest BCUT2D eigenvalue weighted by atomic mass is 16.5. The molecule has 2 heterocycles. The lowest BCUT2D eigenvalue weighted by Gasteiger charge is -2.24. The van der Waals surface area contributed by atoms with Crippen molar-refractivity contribution in [2.45, 2.75) is 6.04 Å². The summed E-state index contributed by atoms with van der Waals surface area (Å²) in [5.74, 6) is -0.799. The van der Waals surface area contributed by atoms with Crippen LogP contribution in [0.5, 0.6) is 11.5 Å². The maximum atomic E-state index is 13.2. The van der Waals surface area contributed by atoms with E-state index in [2.05, 4.69) is 0 Å². The minimum Gasteiger partial charge on any atom is -0.507 e. The first kappa shape index (κ1) is 22.4. The summed E-state index contributed by atoms with van der Waals surface area (Å²) in [5, 5.41) is 12.2. The Morgan fingerprint density at radius 1 is 1.03 bits per heavy atom. The molecule has 0 spiro atoms. The molecule has 1 aromatic heterocycles. The smallest absolute Gasteiger partial charge is 0.295 e. The predicted octanol–water partition coefficient (Wildman–Crippen LogP) is 3.26. The van der Waals surface area contributed by atoms with E-state index < -0.39 is 17.7 Å². The van der Waals surface area contributed by atoms with Crippen molar-refractivity contribution < 1.29 is 28.9 Å². The van der Waals surface area contributed by atoms with Gasteiger partial charge in [0.25, 0.3) is 11.7 Å². The molecule has 1 fully saturated rings. The van der Waals surface area contributed by atoms with E-state index in [0.717, 1.165) is 16.5 Å². The highest BCUT2D eigenvalue weighted by molar-refractivity contribution is 6.46.